The molecule has 1 aromatic carbocycles. The Morgan fingerprint density at radius 1 is 1.31 bits per heavy atom. The van der Waals surface area contributed by atoms with Gasteiger partial charge < -0.3 is 10.3 Å². The second-order valence-electron chi connectivity index (χ2n) is 5.61. The molecule has 0 saturated heterocycles. The van der Waals surface area contributed by atoms with Gasteiger partial charge in [0, 0.05) is 5.56 Å². The van der Waals surface area contributed by atoms with Crippen molar-refractivity contribution >= 4 is 38.8 Å². The average molecular weight is 408 g/mol. The summed E-state index contributed by atoms with van der Waals surface area (Å²) in [5.41, 5.74) is 7.76. The smallest absolute Gasteiger partial charge is 0.208 e. The van der Waals surface area contributed by atoms with E-state index in [1.54, 1.807) is 31.4 Å². The standard InChI is InChI=1S/C17H17N3O3S3/c1-9-15(10(2)23-20-9)11-5-4-6-12(7-11)26(21,22)14-8-13(16(18)19)25-17(14)24-3/h4-8H,1-3H3,(H3,18,19). The average Bonchev–Trinajstić information content (AvgIpc) is 3.19. The fourth-order valence-electron chi connectivity index (χ4n) is 2.66. The number of nitrogens with two attached hydrogens (primary N) is 1. The van der Waals surface area contributed by atoms with E-state index in [0.717, 1.165) is 11.1 Å². The molecule has 9 heteroatoms. The summed E-state index contributed by atoms with van der Waals surface area (Å²) in [5.74, 6) is 0.493. The van der Waals surface area contributed by atoms with Crippen LogP contribution in [0.25, 0.3) is 11.1 Å². The van der Waals surface area contributed by atoms with Crippen molar-refractivity contribution in [3.63, 3.8) is 0 Å². The number of benzene rings is 1. The molecule has 3 N–H and O–H groups in total. The quantitative estimate of drug-likeness (QED) is 0.377. The van der Waals surface area contributed by atoms with E-state index >= 15 is 0 Å². The lowest BCUT2D eigenvalue weighted by Crippen LogP contribution is -2.08. The van der Waals surface area contributed by atoms with Gasteiger partial charge in [0.1, 0.15) is 11.6 Å². The molecule has 0 aliphatic rings. The number of thiophene rings is 1. The molecule has 2 heterocycles. The molecule has 0 spiro atoms. The maximum absolute atomic E-state index is 13.2. The van der Waals surface area contributed by atoms with Gasteiger partial charge in [-0.3, -0.25) is 5.41 Å². The van der Waals surface area contributed by atoms with Crippen LogP contribution in [0, 0.1) is 19.3 Å². The van der Waals surface area contributed by atoms with Crippen LogP contribution in [0.2, 0.25) is 0 Å². The third-order valence-electron chi connectivity index (χ3n) is 3.87. The highest BCUT2D eigenvalue weighted by molar-refractivity contribution is 8.01. The number of nitrogens with zero attached hydrogens (tertiary/aromatic N) is 1. The highest BCUT2D eigenvalue weighted by atomic mass is 32.2. The molecular weight excluding hydrogens is 390 g/mol. The molecule has 26 heavy (non-hydrogen) atoms. The Balaban J connectivity index is 2.15. The van der Waals surface area contributed by atoms with Crippen molar-refractivity contribution in [3.8, 4) is 11.1 Å². The Bertz CT molecular complexity index is 1080. The minimum Gasteiger partial charge on any atom is -0.383 e. The normalized spacial score (nSPS) is 11.7. The predicted molar refractivity (Wildman–Crippen MR) is 104 cm³/mol. The van der Waals surface area contributed by atoms with E-state index in [9.17, 15) is 8.42 Å². The van der Waals surface area contributed by atoms with Gasteiger partial charge in [-0.15, -0.1) is 23.1 Å². The molecule has 136 valence electrons. The minimum absolute atomic E-state index is 0.142. The Hall–Kier alpha value is -2.10. The van der Waals surface area contributed by atoms with Crippen LogP contribution in [-0.2, 0) is 9.84 Å². The van der Waals surface area contributed by atoms with Crippen LogP contribution in [0.1, 0.15) is 16.3 Å². The van der Waals surface area contributed by atoms with E-state index in [4.69, 9.17) is 15.7 Å². The van der Waals surface area contributed by atoms with Gasteiger partial charge in [0.2, 0.25) is 9.84 Å². The molecule has 3 rings (SSSR count). The molecule has 0 aliphatic carbocycles. The number of nitrogen functional groups attached to an aromatic ring is 1. The summed E-state index contributed by atoms with van der Waals surface area (Å²) >= 11 is 2.53. The van der Waals surface area contributed by atoms with Crippen molar-refractivity contribution in [1.82, 2.24) is 5.16 Å². The summed E-state index contributed by atoms with van der Waals surface area (Å²) in [6.45, 7) is 3.61. The van der Waals surface area contributed by atoms with Crippen LogP contribution in [0.15, 0.2) is 48.9 Å². The van der Waals surface area contributed by atoms with Crippen LogP contribution >= 0.6 is 23.1 Å². The maximum atomic E-state index is 13.2. The highest BCUT2D eigenvalue weighted by Crippen LogP contribution is 2.38. The van der Waals surface area contributed by atoms with E-state index in [0.29, 0.717) is 20.5 Å². The number of aryl methyl sites for hydroxylation is 2. The zero-order valence-corrected chi connectivity index (χ0v) is 16.8. The Morgan fingerprint density at radius 3 is 2.62 bits per heavy atom. The molecule has 0 fully saturated rings. The number of hydrogen-bond acceptors (Lipinski definition) is 7. The van der Waals surface area contributed by atoms with E-state index in [2.05, 4.69) is 5.16 Å². The van der Waals surface area contributed by atoms with Gasteiger partial charge in [-0.05, 0) is 43.9 Å². The number of amidine groups is 1. The molecule has 0 saturated carbocycles. The molecule has 2 aromatic heterocycles. The maximum Gasteiger partial charge on any atom is 0.208 e. The molecule has 0 aliphatic heterocycles. The first-order valence-corrected chi connectivity index (χ1v) is 11.1. The molecule has 0 unspecified atom stereocenters. The lowest BCUT2D eigenvalue weighted by atomic mass is 10.0. The Morgan fingerprint density at radius 2 is 2.04 bits per heavy atom. The summed E-state index contributed by atoms with van der Waals surface area (Å²) in [4.78, 5) is 0.795. The number of nitrogens with one attached hydrogen (secondary N) is 1. The topological polar surface area (TPSA) is 110 Å². The summed E-state index contributed by atoms with van der Waals surface area (Å²) < 4.78 is 32.2. The van der Waals surface area contributed by atoms with Crippen molar-refractivity contribution in [3.05, 3.63) is 46.7 Å². The predicted octanol–water partition coefficient (Wildman–Crippen LogP) is 3.86. The van der Waals surface area contributed by atoms with Crippen LogP contribution in [0.3, 0.4) is 0 Å². The van der Waals surface area contributed by atoms with Crippen molar-refractivity contribution in [1.29, 1.82) is 5.41 Å². The molecule has 0 amide bonds. The Labute approximate surface area is 159 Å². The van der Waals surface area contributed by atoms with Crippen molar-refractivity contribution < 1.29 is 12.9 Å². The van der Waals surface area contributed by atoms with Crippen LogP contribution in [0.5, 0.6) is 0 Å². The molecule has 0 bridgehead atoms. The third kappa shape index (κ3) is 3.17. The van der Waals surface area contributed by atoms with Crippen LogP contribution in [0.4, 0.5) is 0 Å². The molecule has 6 nitrogen and oxygen atoms in total. The molecule has 0 atom stereocenters. The summed E-state index contributed by atoms with van der Waals surface area (Å²) in [7, 11) is -3.75. The van der Waals surface area contributed by atoms with Crippen LogP contribution in [-0.4, -0.2) is 25.7 Å². The van der Waals surface area contributed by atoms with Gasteiger partial charge in [0.05, 0.1) is 24.6 Å². The zero-order chi connectivity index (χ0) is 19.1. The summed E-state index contributed by atoms with van der Waals surface area (Å²) in [5, 5.41) is 11.5. The first-order chi connectivity index (χ1) is 12.3. The molecule has 0 radical (unpaired) electrons. The van der Waals surface area contributed by atoms with Gasteiger partial charge >= 0.3 is 0 Å². The second kappa shape index (κ2) is 6.90. The van der Waals surface area contributed by atoms with Crippen LogP contribution < -0.4 is 5.73 Å². The largest absolute Gasteiger partial charge is 0.383 e. The number of thioether (sulfide) groups is 1. The third-order valence-corrected chi connectivity index (χ3v) is 8.21. The van der Waals surface area contributed by atoms with E-state index < -0.39 is 9.84 Å². The molecule has 3 aromatic rings. The fraction of sp³-hybridized carbons (Fsp3) is 0.176. The molecular formula is C17H17N3O3S3. The zero-order valence-electron chi connectivity index (χ0n) is 14.4. The fourth-order valence-corrected chi connectivity index (χ4v) is 6.56. The van der Waals surface area contributed by atoms with Gasteiger partial charge in [-0.25, -0.2) is 8.42 Å². The minimum atomic E-state index is -3.75. The van der Waals surface area contributed by atoms with E-state index in [1.165, 1.54) is 29.2 Å². The summed E-state index contributed by atoms with van der Waals surface area (Å²) in [6, 6.07) is 8.18. The monoisotopic (exact) mass is 407 g/mol. The summed E-state index contributed by atoms with van der Waals surface area (Å²) in [6.07, 6.45) is 1.80. The van der Waals surface area contributed by atoms with Gasteiger partial charge in [0.25, 0.3) is 0 Å². The van der Waals surface area contributed by atoms with E-state index in [1.807, 2.05) is 13.0 Å². The van der Waals surface area contributed by atoms with Gasteiger partial charge in [0.15, 0.2) is 0 Å². The number of rotatable bonds is 5. The van der Waals surface area contributed by atoms with Gasteiger partial charge in [-0.1, -0.05) is 17.3 Å². The van der Waals surface area contributed by atoms with E-state index in [-0.39, 0.29) is 15.6 Å². The van der Waals surface area contributed by atoms with Crippen molar-refractivity contribution in [2.75, 3.05) is 6.26 Å². The number of hydrogen-bond donors (Lipinski definition) is 2. The lowest BCUT2D eigenvalue weighted by molar-refractivity contribution is 0.393. The van der Waals surface area contributed by atoms with Crippen molar-refractivity contribution in [2.24, 2.45) is 5.73 Å². The number of sulfone groups is 1. The first kappa shape index (κ1) is 18.7. The first-order valence-electron chi connectivity index (χ1n) is 7.56. The SMILES string of the molecule is CSc1sc(C(=N)N)cc1S(=O)(=O)c1cccc(-c2c(C)noc2C)c1. The second-order valence-corrected chi connectivity index (χ2v) is 9.66. The van der Waals surface area contributed by atoms with Gasteiger partial charge in [-0.2, -0.15) is 0 Å². The van der Waals surface area contributed by atoms with Crippen molar-refractivity contribution in [2.45, 2.75) is 27.8 Å². The lowest BCUT2D eigenvalue weighted by Gasteiger charge is -2.07. The number of aromatic nitrogens is 1. The highest BCUT2D eigenvalue weighted by Gasteiger charge is 2.25. The Kier molecular flexibility index (Phi) is 4.96.